The van der Waals surface area contributed by atoms with E-state index in [0.29, 0.717) is 5.56 Å². The van der Waals surface area contributed by atoms with Gasteiger partial charge in [0.15, 0.2) is 5.58 Å². The van der Waals surface area contributed by atoms with E-state index in [1.807, 2.05) is 12.1 Å². The van der Waals surface area contributed by atoms with Crippen LogP contribution >= 0.6 is 0 Å². The lowest BCUT2D eigenvalue weighted by Crippen LogP contribution is -2.00. The smallest absolute Gasteiger partial charge is 0.337 e. The van der Waals surface area contributed by atoms with Crippen molar-refractivity contribution < 1.29 is 13.9 Å². The topological polar surface area (TPSA) is 55.2 Å². The van der Waals surface area contributed by atoms with Crippen molar-refractivity contribution in [2.45, 2.75) is 0 Å². The molecule has 1 aromatic carbocycles. The largest absolute Gasteiger partial charge is 0.465 e. The number of nitrogens with one attached hydrogen (secondary N) is 1. The molecule has 0 unspecified atom stereocenters. The molecule has 0 bridgehead atoms. The summed E-state index contributed by atoms with van der Waals surface area (Å²) in [7, 11) is 1.37. The Morgan fingerprint density at radius 1 is 1.31 bits per heavy atom. The quantitative estimate of drug-likeness (QED) is 0.635. The fraction of sp³-hybridized carbons (Fsp3) is 0.0833. The molecule has 0 atom stereocenters. The van der Waals surface area contributed by atoms with Crippen molar-refractivity contribution in [3.05, 3.63) is 36.1 Å². The van der Waals surface area contributed by atoms with Gasteiger partial charge in [-0.15, -0.1) is 0 Å². The summed E-state index contributed by atoms with van der Waals surface area (Å²) in [6, 6.07) is 7.19. The minimum atomic E-state index is -0.340. The number of rotatable bonds is 1. The average molecular weight is 215 g/mol. The molecule has 0 spiro atoms. The molecule has 0 aliphatic heterocycles. The number of H-pyrrole nitrogens is 1. The number of hydrogen-bond acceptors (Lipinski definition) is 3. The third-order valence-corrected chi connectivity index (χ3v) is 2.62. The molecule has 2 heterocycles. The number of benzene rings is 1. The van der Waals surface area contributed by atoms with Crippen LogP contribution in [-0.4, -0.2) is 18.1 Å². The second-order valence-electron chi connectivity index (χ2n) is 3.54. The molecule has 0 fully saturated rings. The lowest BCUT2D eigenvalue weighted by atomic mass is 10.1. The van der Waals surface area contributed by atoms with Crippen molar-refractivity contribution in [2.75, 3.05) is 7.11 Å². The first-order valence-electron chi connectivity index (χ1n) is 4.87. The summed E-state index contributed by atoms with van der Waals surface area (Å²) in [5.41, 5.74) is 3.14. The molecule has 1 N–H and O–H groups in total. The highest BCUT2D eigenvalue weighted by molar-refractivity contribution is 6.06. The highest BCUT2D eigenvalue weighted by Gasteiger charge is 2.10. The zero-order chi connectivity index (χ0) is 11.1. The van der Waals surface area contributed by atoms with Gasteiger partial charge in [0.25, 0.3) is 0 Å². The van der Waals surface area contributed by atoms with Gasteiger partial charge in [-0.3, -0.25) is 0 Å². The van der Waals surface area contributed by atoms with Crippen LogP contribution in [-0.2, 0) is 4.74 Å². The maximum atomic E-state index is 11.4. The molecule has 80 valence electrons. The van der Waals surface area contributed by atoms with Crippen LogP contribution in [0.5, 0.6) is 0 Å². The summed E-state index contributed by atoms with van der Waals surface area (Å²) < 4.78 is 10.0. The van der Waals surface area contributed by atoms with Crippen LogP contribution in [0.15, 0.2) is 34.9 Å². The molecule has 0 aliphatic rings. The summed E-state index contributed by atoms with van der Waals surface area (Å²) in [6.07, 6.45) is 1.63. The van der Waals surface area contributed by atoms with E-state index < -0.39 is 0 Å². The lowest BCUT2D eigenvalue weighted by Gasteiger charge is -1.98. The van der Waals surface area contributed by atoms with Gasteiger partial charge in [0.1, 0.15) is 0 Å². The van der Waals surface area contributed by atoms with E-state index in [2.05, 4.69) is 9.72 Å². The maximum absolute atomic E-state index is 11.4. The second-order valence-corrected chi connectivity index (χ2v) is 3.54. The lowest BCUT2D eigenvalue weighted by molar-refractivity contribution is 0.0601. The van der Waals surface area contributed by atoms with Gasteiger partial charge in [0.05, 0.1) is 30.0 Å². The number of hydrogen-bond donors (Lipinski definition) is 1. The second kappa shape index (κ2) is 3.13. The zero-order valence-corrected chi connectivity index (χ0v) is 8.61. The molecule has 16 heavy (non-hydrogen) atoms. The van der Waals surface area contributed by atoms with Crippen molar-refractivity contribution >= 4 is 28.0 Å². The van der Waals surface area contributed by atoms with E-state index in [9.17, 15) is 4.79 Å². The van der Waals surface area contributed by atoms with Gasteiger partial charge in [-0.25, -0.2) is 4.79 Å². The van der Waals surface area contributed by atoms with Gasteiger partial charge in [0, 0.05) is 11.5 Å². The third-order valence-electron chi connectivity index (χ3n) is 2.62. The Kier molecular flexibility index (Phi) is 1.77. The van der Waals surface area contributed by atoms with Gasteiger partial charge >= 0.3 is 5.97 Å². The van der Waals surface area contributed by atoms with Crippen molar-refractivity contribution in [1.82, 2.24) is 4.98 Å². The molecular weight excluding hydrogens is 206 g/mol. The van der Waals surface area contributed by atoms with E-state index in [-0.39, 0.29) is 5.97 Å². The van der Waals surface area contributed by atoms with Gasteiger partial charge in [-0.2, -0.15) is 0 Å². The predicted octanol–water partition coefficient (Wildman–Crippen LogP) is 2.70. The number of aromatic nitrogens is 1. The number of carbonyl (C=O) groups excluding carboxylic acids is 1. The number of furan rings is 1. The Hall–Kier alpha value is -2.23. The molecule has 4 heteroatoms. The fourth-order valence-electron chi connectivity index (χ4n) is 1.85. The van der Waals surface area contributed by atoms with Crippen LogP contribution in [0.2, 0.25) is 0 Å². The summed E-state index contributed by atoms with van der Waals surface area (Å²) in [5, 5.41) is 0.965. The molecule has 0 aliphatic carbocycles. The highest BCUT2D eigenvalue weighted by Crippen LogP contribution is 2.26. The fourth-order valence-corrected chi connectivity index (χ4v) is 1.85. The van der Waals surface area contributed by atoms with Crippen LogP contribution in [0.25, 0.3) is 22.0 Å². The molecule has 3 aromatic rings. The van der Waals surface area contributed by atoms with Gasteiger partial charge < -0.3 is 14.1 Å². The molecule has 0 amide bonds. The van der Waals surface area contributed by atoms with E-state index >= 15 is 0 Å². The number of carbonyl (C=O) groups is 1. The summed E-state index contributed by atoms with van der Waals surface area (Å²) >= 11 is 0. The molecule has 3 rings (SSSR count). The SMILES string of the molecule is COC(=O)c1ccc2c(c1)[nH]c1ccoc12. The Bertz CT molecular complexity index is 678. The molecule has 0 saturated carbocycles. The number of methoxy groups -OCH3 is 1. The third kappa shape index (κ3) is 1.13. The summed E-state index contributed by atoms with van der Waals surface area (Å²) in [4.78, 5) is 14.5. The maximum Gasteiger partial charge on any atom is 0.337 e. The van der Waals surface area contributed by atoms with Crippen molar-refractivity contribution in [3.63, 3.8) is 0 Å². The normalized spacial score (nSPS) is 11.1. The Balaban J connectivity index is 2.28. The average Bonchev–Trinajstić information content (AvgIpc) is 2.86. The van der Waals surface area contributed by atoms with Gasteiger partial charge in [-0.1, -0.05) is 0 Å². The van der Waals surface area contributed by atoms with Crippen LogP contribution in [0.3, 0.4) is 0 Å². The Morgan fingerprint density at radius 3 is 3.00 bits per heavy atom. The minimum Gasteiger partial charge on any atom is -0.465 e. The van der Waals surface area contributed by atoms with Gasteiger partial charge in [0.2, 0.25) is 0 Å². The van der Waals surface area contributed by atoms with Crippen LogP contribution in [0.4, 0.5) is 0 Å². The van der Waals surface area contributed by atoms with E-state index in [1.54, 1.807) is 18.4 Å². The first kappa shape index (κ1) is 9.03. The zero-order valence-electron chi connectivity index (χ0n) is 8.61. The molecule has 4 nitrogen and oxygen atoms in total. The van der Waals surface area contributed by atoms with E-state index in [1.165, 1.54) is 7.11 Å². The van der Waals surface area contributed by atoms with E-state index in [0.717, 1.165) is 22.0 Å². The summed E-state index contributed by atoms with van der Waals surface area (Å²) in [5.74, 6) is -0.340. The van der Waals surface area contributed by atoms with E-state index in [4.69, 9.17) is 4.42 Å². The monoisotopic (exact) mass is 215 g/mol. The number of esters is 1. The summed E-state index contributed by atoms with van der Waals surface area (Å²) in [6.45, 7) is 0. The number of aromatic amines is 1. The molecule has 0 radical (unpaired) electrons. The van der Waals surface area contributed by atoms with Crippen LogP contribution < -0.4 is 0 Å². The van der Waals surface area contributed by atoms with Crippen molar-refractivity contribution in [2.24, 2.45) is 0 Å². The van der Waals surface area contributed by atoms with Gasteiger partial charge in [-0.05, 0) is 18.2 Å². The Morgan fingerprint density at radius 2 is 2.19 bits per heavy atom. The first-order valence-corrected chi connectivity index (χ1v) is 4.87. The minimum absolute atomic E-state index is 0.340. The molecule has 2 aromatic heterocycles. The molecular formula is C12H9NO3. The van der Waals surface area contributed by atoms with Crippen molar-refractivity contribution in [1.29, 1.82) is 0 Å². The predicted molar refractivity (Wildman–Crippen MR) is 59.4 cm³/mol. The molecule has 0 saturated heterocycles. The van der Waals surface area contributed by atoms with Crippen molar-refractivity contribution in [3.8, 4) is 0 Å². The first-order chi connectivity index (χ1) is 7.79. The number of fused-ring (bicyclic) bond motifs is 3. The highest BCUT2D eigenvalue weighted by atomic mass is 16.5. The Labute approximate surface area is 90.8 Å². The number of ether oxygens (including phenoxy) is 1. The van der Waals surface area contributed by atoms with Crippen LogP contribution in [0.1, 0.15) is 10.4 Å². The standard InChI is InChI=1S/C12H9NO3/c1-15-12(14)7-2-3-8-10(6-7)13-9-4-5-16-11(8)9/h2-6,13H,1H3. The van der Waals surface area contributed by atoms with Crippen LogP contribution in [0, 0.1) is 0 Å².